The Morgan fingerprint density at radius 2 is 1.79 bits per heavy atom. The van der Waals surface area contributed by atoms with Gasteiger partial charge in [-0.05, 0) is 75.2 Å². The maximum absolute atomic E-state index is 10.0. The predicted molar refractivity (Wildman–Crippen MR) is 141 cm³/mol. The SMILES string of the molecule is CCCNc1ncc2c(C3CCC(CN4CCNCC4)CC3)cn(C3CCC(O)CC3)c2n1.Cl. The van der Waals surface area contributed by atoms with Crippen LogP contribution in [-0.4, -0.2) is 69.9 Å². The second kappa shape index (κ2) is 12.0. The summed E-state index contributed by atoms with van der Waals surface area (Å²) in [6.07, 6.45) is 14.4. The van der Waals surface area contributed by atoms with Gasteiger partial charge in [0.15, 0.2) is 0 Å². The zero-order valence-electron chi connectivity index (χ0n) is 20.7. The molecule has 3 heterocycles. The number of fused-ring (bicyclic) bond motifs is 1. The average Bonchev–Trinajstić information content (AvgIpc) is 3.23. The lowest BCUT2D eigenvalue weighted by Gasteiger charge is -2.34. The van der Waals surface area contributed by atoms with Crippen LogP contribution >= 0.6 is 12.4 Å². The monoisotopic (exact) mass is 490 g/mol. The number of rotatable bonds is 7. The van der Waals surface area contributed by atoms with Crippen molar-refractivity contribution in [1.82, 2.24) is 24.8 Å². The number of halogens is 1. The Bertz CT molecular complexity index is 898. The van der Waals surface area contributed by atoms with E-state index < -0.39 is 0 Å². The van der Waals surface area contributed by atoms with E-state index in [1.807, 2.05) is 0 Å². The summed E-state index contributed by atoms with van der Waals surface area (Å²) in [5.74, 6) is 2.19. The summed E-state index contributed by atoms with van der Waals surface area (Å²) in [5.41, 5.74) is 2.54. The number of aliphatic hydroxyl groups excluding tert-OH is 1. The second-order valence-corrected chi connectivity index (χ2v) is 10.6. The third-order valence-corrected chi connectivity index (χ3v) is 8.21. The fourth-order valence-corrected chi connectivity index (χ4v) is 6.23. The number of aliphatic hydroxyl groups is 1. The van der Waals surface area contributed by atoms with Gasteiger partial charge in [-0.15, -0.1) is 12.4 Å². The highest BCUT2D eigenvalue weighted by molar-refractivity contribution is 5.85. The molecule has 3 fully saturated rings. The van der Waals surface area contributed by atoms with Crippen molar-refractivity contribution in [2.45, 2.75) is 82.8 Å². The number of hydrogen-bond acceptors (Lipinski definition) is 6. The molecule has 0 bridgehead atoms. The minimum absolute atomic E-state index is 0. The van der Waals surface area contributed by atoms with Crippen LogP contribution in [0.15, 0.2) is 12.4 Å². The Morgan fingerprint density at radius 1 is 1.06 bits per heavy atom. The highest BCUT2D eigenvalue weighted by Gasteiger charge is 2.29. The number of hydrogen-bond donors (Lipinski definition) is 3. The Morgan fingerprint density at radius 3 is 2.50 bits per heavy atom. The molecular weight excluding hydrogens is 448 g/mol. The molecule has 3 N–H and O–H groups in total. The van der Waals surface area contributed by atoms with Crippen LogP contribution in [-0.2, 0) is 0 Å². The number of aromatic nitrogens is 3. The van der Waals surface area contributed by atoms with Gasteiger partial charge < -0.3 is 25.2 Å². The highest BCUT2D eigenvalue weighted by Crippen LogP contribution is 2.41. The van der Waals surface area contributed by atoms with Crippen molar-refractivity contribution in [2.75, 3.05) is 44.6 Å². The third kappa shape index (κ3) is 5.86. The average molecular weight is 491 g/mol. The molecule has 2 aliphatic carbocycles. The molecule has 0 spiro atoms. The largest absolute Gasteiger partial charge is 0.393 e. The molecule has 5 rings (SSSR count). The first-order valence-corrected chi connectivity index (χ1v) is 13.4. The maximum atomic E-state index is 10.0. The number of nitrogens with one attached hydrogen (secondary N) is 2. The van der Waals surface area contributed by atoms with E-state index in [9.17, 15) is 5.11 Å². The molecule has 0 radical (unpaired) electrons. The summed E-state index contributed by atoms with van der Waals surface area (Å²) in [6, 6.07) is 0.433. The number of anilines is 1. The van der Waals surface area contributed by atoms with Crippen LogP contribution < -0.4 is 10.6 Å². The molecule has 2 aromatic heterocycles. The molecule has 0 amide bonds. The van der Waals surface area contributed by atoms with Gasteiger partial charge in [-0.1, -0.05) is 6.92 Å². The van der Waals surface area contributed by atoms with Crippen LogP contribution in [0.4, 0.5) is 5.95 Å². The van der Waals surface area contributed by atoms with Crippen molar-refractivity contribution in [1.29, 1.82) is 0 Å². The van der Waals surface area contributed by atoms with E-state index in [2.05, 4.69) is 44.4 Å². The highest BCUT2D eigenvalue weighted by atomic mass is 35.5. The predicted octanol–water partition coefficient (Wildman–Crippen LogP) is 4.33. The van der Waals surface area contributed by atoms with E-state index in [4.69, 9.17) is 4.98 Å². The molecule has 0 atom stereocenters. The van der Waals surface area contributed by atoms with E-state index in [1.54, 1.807) is 0 Å². The van der Waals surface area contributed by atoms with Crippen LogP contribution in [0.1, 0.15) is 82.2 Å². The molecule has 0 aromatic carbocycles. The van der Waals surface area contributed by atoms with Gasteiger partial charge in [-0.25, -0.2) is 4.98 Å². The minimum atomic E-state index is -0.134. The van der Waals surface area contributed by atoms with Gasteiger partial charge in [-0.3, -0.25) is 0 Å². The normalized spacial score (nSPS) is 28.5. The lowest BCUT2D eigenvalue weighted by atomic mass is 9.78. The van der Waals surface area contributed by atoms with Gasteiger partial charge in [0, 0.05) is 63.1 Å². The summed E-state index contributed by atoms with van der Waals surface area (Å²) >= 11 is 0. The summed E-state index contributed by atoms with van der Waals surface area (Å²) in [7, 11) is 0. The van der Waals surface area contributed by atoms with E-state index in [-0.39, 0.29) is 18.5 Å². The van der Waals surface area contributed by atoms with E-state index >= 15 is 0 Å². The molecule has 3 aliphatic rings. The second-order valence-electron chi connectivity index (χ2n) is 10.6. The van der Waals surface area contributed by atoms with Crippen molar-refractivity contribution < 1.29 is 5.11 Å². The molecule has 1 saturated heterocycles. The summed E-state index contributed by atoms with van der Waals surface area (Å²) in [6.45, 7) is 9.02. The molecule has 2 aromatic rings. The Hall–Kier alpha value is -1.41. The summed E-state index contributed by atoms with van der Waals surface area (Å²) in [5, 5.41) is 18.1. The van der Waals surface area contributed by atoms with Gasteiger partial charge in [0.2, 0.25) is 5.95 Å². The molecule has 1 aliphatic heterocycles. The van der Waals surface area contributed by atoms with Crippen LogP contribution in [0.5, 0.6) is 0 Å². The number of nitrogens with zero attached hydrogens (tertiary/aromatic N) is 4. The Kier molecular flexibility index (Phi) is 9.08. The molecule has 8 heteroatoms. The lowest BCUT2D eigenvalue weighted by molar-refractivity contribution is 0.111. The minimum Gasteiger partial charge on any atom is -0.393 e. The van der Waals surface area contributed by atoms with Crippen LogP contribution in [0.2, 0.25) is 0 Å². The molecule has 7 nitrogen and oxygen atoms in total. The first-order chi connectivity index (χ1) is 16.2. The smallest absolute Gasteiger partial charge is 0.224 e. The van der Waals surface area contributed by atoms with Crippen LogP contribution in [0.25, 0.3) is 11.0 Å². The van der Waals surface area contributed by atoms with E-state index in [0.29, 0.717) is 12.0 Å². The fraction of sp³-hybridized carbons (Fsp3) is 0.769. The lowest BCUT2D eigenvalue weighted by Crippen LogP contribution is -2.45. The molecule has 190 valence electrons. The third-order valence-electron chi connectivity index (χ3n) is 8.21. The standard InChI is InChI=1S/C26H42N6O.ClH/c1-2-11-28-26-29-16-23-24(18-32(25(23)30-26)21-7-9-22(33)10-8-21)20-5-3-19(4-6-20)17-31-14-12-27-13-15-31;/h16,18-22,27,33H,2-15,17H2,1H3,(H,28,29,30);1H. The maximum Gasteiger partial charge on any atom is 0.224 e. The number of piperazine rings is 1. The van der Waals surface area contributed by atoms with Gasteiger partial charge >= 0.3 is 0 Å². The first kappa shape index (κ1) is 25.7. The van der Waals surface area contributed by atoms with Crippen LogP contribution in [0.3, 0.4) is 0 Å². The molecular formula is C26H43ClN6O. The van der Waals surface area contributed by atoms with Gasteiger partial charge in [-0.2, -0.15) is 4.98 Å². The van der Waals surface area contributed by atoms with Crippen molar-refractivity contribution in [3.05, 3.63) is 18.0 Å². The first-order valence-electron chi connectivity index (χ1n) is 13.4. The fourth-order valence-electron chi connectivity index (χ4n) is 6.23. The zero-order chi connectivity index (χ0) is 22.6. The Labute approximate surface area is 210 Å². The Balaban J connectivity index is 0.00000274. The molecule has 0 unspecified atom stereocenters. The van der Waals surface area contributed by atoms with Gasteiger partial charge in [0.1, 0.15) is 5.65 Å². The van der Waals surface area contributed by atoms with E-state index in [1.165, 1.54) is 56.3 Å². The van der Waals surface area contributed by atoms with Gasteiger partial charge in [0.05, 0.1) is 6.10 Å². The van der Waals surface area contributed by atoms with Crippen molar-refractivity contribution in [2.24, 2.45) is 5.92 Å². The molecule has 2 saturated carbocycles. The van der Waals surface area contributed by atoms with Crippen LogP contribution in [0, 0.1) is 5.92 Å². The zero-order valence-corrected chi connectivity index (χ0v) is 21.5. The topological polar surface area (TPSA) is 78.2 Å². The van der Waals surface area contributed by atoms with Gasteiger partial charge in [0.25, 0.3) is 0 Å². The summed E-state index contributed by atoms with van der Waals surface area (Å²) < 4.78 is 2.43. The van der Waals surface area contributed by atoms with Crippen molar-refractivity contribution >= 4 is 29.4 Å². The summed E-state index contributed by atoms with van der Waals surface area (Å²) in [4.78, 5) is 12.3. The van der Waals surface area contributed by atoms with E-state index in [0.717, 1.165) is 69.3 Å². The van der Waals surface area contributed by atoms with Crippen molar-refractivity contribution in [3.63, 3.8) is 0 Å². The molecule has 34 heavy (non-hydrogen) atoms. The van der Waals surface area contributed by atoms with Crippen molar-refractivity contribution in [3.8, 4) is 0 Å². The quantitative estimate of drug-likeness (QED) is 0.536.